The topological polar surface area (TPSA) is 84.3 Å². The number of hydrogen-bond donors (Lipinski definition) is 2. The monoisotopic (exact) mass is 267 g/mol. The number of anilines is 1. The van der Waals surface area contributed by atoms with E-state index in [0.717, 1.165) is 18.7 Å². The maximum Gasteiger partial charge on any atom is 0.306 e. The van der Waals surface area contributed by atoms with Crippen LogP contribution in [0.25, 0.3) is 0 Å². The summed E-state index contributed by atoms with van der Waals surface area (Å²) in [5.41, 5.74) is -0.410. The lowest BCUT2D eigenvalue weighted by molar-refractivity contribution is -0.387. The molecule has 1 saturated heterocycles. The molecule has 0 aromatic heterocycles. The summed E-state index contributed by atoms with van der Waals surface area (Å²) in [6, 6.07) is 3.32. The van der Waals surface area contributed by atoms with Crippen molar-refractivity contribution in [1.82, 2.24) is 5.32 Å². The molecule has 0 bridgehead atoms. The Labute approximate surface area is 109 Å². The van der Waals surface area contributed by atoms with Crippen molar-refractivity contribution in [1.29, 1.82) is 0 Å². The molecule has 1 amide bonds. The fraction of sp³-hybridized carbons (Fsp3) is 0.417. The van der Waals surface area contributed by atoms with Crippen molar-refractivity contribution in [3.63, 3.8) is 0 Å². The predicted molar refractivity (Wildman–Crippen MR) is 67.2 cm³/mol. The molecular formula is C12H14FN3O3. The number of rotatable bonds is 3. The van der Waals surface area contributed by atoms with Gasteiger partial charge in [0.2, 0.25) is 11.7 Å². The van der Waals surface area contributed by atoms with Crippen LogP contribution in [0.4, 0.5) is 15.8 Å². The number of benzene rings is 1. The summed E-state index contributed by atoms with van der Waals surface area (Å²) in [5, 5.41) is 16.3. The third-order valence-corrected chi connectivity index (χ3v) is 3.26. The number of nitro groups is 1. The fourth-order valence-electron chi connectivity index (χ4n) is 2.13. The molecule has 1 heterocycles. The smallest absolute Gasteiger partial charge is 0.306 e. The third-order valence-electron chi connectivity index (χ3n) is 3.26. The van der Waals surface area contributed by atoms with Crippen LogP contribution in [0.3, 0.4) is 0 Å². The molecule has 2 unspecified atom stereocenters. The highest BCUT2D eigenvalue weighted by molar-refractivity contribution is 5.93. The van der Waals surface area contributed by atoms with E-state index in [-0.39, 0.29) is 23.4 Å². The number of hydrogen-bond acceptors (Lipinski definition) is 4. The molecule has 19 heavy (non-hydrogen) atoms. The van der Waals surface area contributed by atoms with E-state index in [0.29, 0.717) is 6.54 Å². The number of halogens is 1. The van der Waals surface area contributed by atoms with Crippen LogP contribution >= 0.6 is 0 Å². The number of nitrogens with one attached hydrogen (secondary N) is 2. The molecule has 0 aliphatic carbocycles. The van der Waals surface area contributed by atoms with Crippen LogP contribution in [-0.2, 0) is 4.79 Å². The maximum absolute atomic E-state index is 13.2. The van der Waals surface area contributed by atoms with E-state index in [9.17, 15) is 19.3 Å². The zero-order valence-corrected chi connectivity index (χ0v) is 10.4. The van der Waals surface area contributed by atoms with Crippen molar-refractivity contribution in [2.45, 2.75) is 6.92 Å². The standard InChI is InChI=1S/C12H14FN3O3/c1-7-5-14-6-9(7)12(17)15-8-2-3-10(13)11(4-8)16(18)19/h2-4,7,9,14H,5-6H2,1H3,(H,15,17). The van der Waals surface area contributed by atoms with Gasteiger partial charge in [-0.05, 0) is 24.6 Å². The zero-order valence-electron chi connectivity index (χ0n) is 10.4. The summed E-state index contributed by atoms with van der Waals surface area (Å²) in [6.45, 7) is 3.30. The predicted octanol–water partition coefficient (Wildman–Crippen LogP) is 1.53. The second-order valence-corrected chi connectivity index (χ2v) is 4.65. The quantitative estimate of drug-likeness (QED) is 0.642. The first-order valence-electron chi connectivity index (χ1n) is 5.94. The summed E-state index contributed by atoms with van der Waals surface area (Å²) in [7, 11) is 0. The number of carbonyl (C=O) groups excluding carboxylic acids is 1. The third kappa shape index (κ3) is 2.87. The van der Waals surface area contributed by atoms with Crippen molar-refractivity contribution in [2.24, 2.45) is 11.8 Å². The average molecular weight is 267 g/mol. The molecule has 102 valence electrons. The van der Waals surface area contributed by atoms with E-state index in [1.807, 2.05) is 6.92 Å². The molecule has 1 aliphatic heterocycles. The first-order valence-corrected chi connectivity index (χ1v) is 5.94. The molecule has 2 N–H and O–H groups in total. The van der Waals surface area contributed by atoms with Crippen molar-refractivity contribution < 1.29 is 14.1 Å². The van der Waals surface area contributed by atoms with Crippen LogP contribution in [0.1, 0.15) is 6.92 Å². The molecule has 2 rings (SSSR count). The van der Waals surface area contributed by atoms with Gasteiger partial charge in [-0.1, -0.05) is 6.92 Å². The lowest BCUT2D eigenvalue weighted by atomic mass is 9.97. The molecule has 0 spiro atoms. The fourth-order valence-corrected chi connectivity index (χ4v) is 2.13. The maximum atomic E-state index is 13.2. The summed E-state index contributed by atoms with van der Waals surface area (Å²) < 4.78 is 13.2. The minimum Gasteiger partial charge on any atom is -0.326 e. The van der Waals surface area contributed by atoms with E-state index in [4.69, 9.17) is 0 Å². The Morgan fingerprint density at radius 1 is 1.53 bits per heavy atom. The van der Waals surface area contributed by atoms with Crippen molar-refractivity contribution in [3.8, 4) is 0 Å². The molecule has 6 nitrogen and oxygen atoms in total. The number of amides is 1. The highest BCUT2D eigenvalue weighted by atomic mass is 19.1. The van der Waals surface area contributed by atoms with E-state index < -0.39 is 16.4 Å². The van der Waals surface area contributed by atoms with Crippen LogP contribution in [0.5, 0.6) is 0 Å². The van der Waals surface area contributed by atoms with Crippen molar-refractivity contribution >= 4 is 17.3 Å². The summed E-state index contributed by atoms with van der Waals surface area (Å²) in [6.07, 6.45) is 0. The molecule has 7 heteroatoms. The van der Waals surface area contributed by atoms with E-state index in [1.54, 1.807) is 0 Å². The van der Waals surface area contributed by atoms with Gasteiger partial charge >= 0.3 is 5.69 Å². The second kappa shape index (κ2) is 5.31. The van der Waals surface area contributed by atoms with Crippen molar-refractivity contribution in [2.75, 3.05) is 18.4 Å². The number of nitro benzene ring substituents is 1. The van der Waals surface area contributed by atoms with Gasteiger partial charge in [0, 0.05) is 18.3 Å². The zero-order chi connectivity index (χ0) is 14.0. The van der Waals surface area contributed by atoms with Crippen LogP contribution in [0.2, 0.25) is 0 Å². The molecule has 1 aromatic carbocycles. The van der Waals surface area contributed by atoms with E-state index >= 15 is 0 Å². The Balaban J connectivity index is 2.13. The number of carbonyl (C=O) groups is 1. The lowest BCUT2D eigenvalue weighted by Gasteiger charge is -2.14. The Morgan fingerprint density at radius 2 is 2.26 bits per heavy atom. The van der Waals surface area contributed by atoms with Gasteiger partial charge in [0.15, 0.2) is 0 Å². The van der Waals surface area contributed by atoms with Crippen LogP contribution in [-0.4, -0.2) is 23.9 Å². The molecule has 0 saturated carbocycles. The van der Waals surface area contributed by atoms with Crippen LogP contribution in [0.15, 0.2) is 18.2 Å². The molecule has 0 radical (unpaired) electrons. The van der Waals surface area contributed by atoms with Gasteiger partial charge in [-0.2, -0.15) is 4.39 Å². The van der Waals surface area contributed by atoms with Gasteiger partial charge in [-0.15, -0.1) is 0 Å². The van der Waals surface area contributed by atoms with Gasteiger partial charge in [-0.3, -0.25) is 14.9 Å². The Bertz CT molecular complexity index is 521. The van der Waals surface area contributed by atoms with E-state index in [2.05, 4.69) is 10.6 Å². The normalized spacial score (nSPS) is 22.2. The molecule has 1 aliphatic rings. The van der Waals surface area contributed by atoms with E-state index in [1.165, 1.54) is 6.07 Å². The molecular weight excluding hydrogens is 253 g/mol. The van der Waals surface area contributed by atoms with Gasteiger partial charge in [0.05, 0.1) is 10.8 Å². The Kier molecular flexibility index (Phi) is 3.75. The highest BCUT2D eigenvalue weighted by Gasteiger charge is 2.29. The Morgan fingerprint density at radius 3 is 2.84 bits per heavy atom. The average Bonchev–Trinajstić information content (AvgIpc) is 2.77. The number of nitrogens with zero attached hydrogens (tertiary/aromatic N) is 1. The summed E-state index contributed by atoms with van der Waals surface area (Å²) in [5.74, 6) is -1.10. The van der Waals surface area contributed by atoms with Gasteiger partial charge in [0.25, 0.3) is 0 Å². The summed E-state index contributed by atoms with van der Waals surface area (Å²) >= 11 is 0. The van der Waals surface area contributed by atoms with Crippen LogP contribution < -0.4 is 10.6 Å². The van der Waals surface area contributed by atoms with Gasteiger partial charge in [0.1, 0.15) is 0 Å². The SMILES string of the molecule is CC1CNCC1C(=O)Nc1ccc(F)c([N+](=O)[O-])c1. The second-order valence-electron chi connectivity index (χ2n) is 4.65. The highest BCUT2D eigenvalue weighted by Crippen LogP contribution is 2.23. The minimum atomic E-state index is -0.918. The molecule has 1 aromatic rings. The Hall–Kier alpha value is -2.02. The molecule has 1 fully saturated rings. The van der Waals surface area contributed by atoms with Gasteiger partial charge in [-0.25, -0.2) is 0 Å². The van der Waals surface area contributed by atoms with Crippen LogP contribution in [0, 0.1) is 27.8 Å². The minimum absolute atomic E-state index is 0.177. The largest absolute Gasteiger partial charge is 0.326 e. The first-order chi connectivity index (χ1) is 8.99. The van der Waals surface area contributed by atoms with Gasteiger partial charge < -0.3 is 10.6 Å². The van der Waals surface area contributed by atoms with Crippen molar-refractivity contribution in [3.05, 3.63) is 34.1 Å². The summed E-state index contributed by atoms with van der Waals surface area (Å²) in [4.78, 5) is 21.8. The first kappa shape index (κ1) is 13.4. The molecule has 2 atom stereocenters. The lowest BCUT2D eigenvalue weighted by Crippen LogP contribution is -2.27.